The van der Waals surface area contributed by atoms with E-state index in [-0.39, 0.29) is 6.10 Å². The van der Waals surface area contributed by atoms with Crippen LogP contribution in [0.1, 0.15) is 0 Å². The molecule has 1 aromatic carbocycles. The summed E-state index contributed by atoms with van der Waals surface area (Å²) < 4.78 is 17.1. The second-order valence-corrected chi connectivity index (χ2v) is 6.29. The molecule has 2 atom stereocenters. The van der Waals surface area contributed by atoms with Crippen LogP contribution in [0.5, 0.6) is 11.5 Å². The zero-order valence-corrected chi connectivity index (χ0v) is 13.7. The van der Waals surface area contributed by atoms with Crippen LogP contribution in [-0.4, -0.2) is 86.7 Å². The van der Waals surface area contributed by atoms with Crippen LogP contribution in [0.2, 0.25) is 0 Å². The predicted octanol–water partition coefficient (Wildman–Crippen LogP) is 0.451. The molecule has 0 aliphatic carbocycles. The SMILES string of the molecule is CN1CCN(C[C@@H](O)COC[C@H]2COc3ccccc3O2)CC1. The van der Waals surface area contributed by atoms with Crippen molar-refractivity contribution in [2.75, 3.05) is 59.6 Å². The highest BCUT2D eigenvalue weighted by molar-refractivity contribution is 5.40. The fourth-order valence-electron chi connectivity index (χ4n) is 2.86. The molecule has 0 bridgehead atoms. The van der Waals surface area contributed by atoms with E-state index < -0.39 is 6.10 Å². The summed E-state index contributed by atoms with van der Waals surface area (Å²) in [5.74, 6) is 1.53. The summed E-state index contributed by atoms with van der Waals surface area (Å²) in [5.41, 5.74) is 0. The van der Waals surface area contributed by atoms with E-state index in [9.17, 15) is 5.11 Å². The number of rotatable bonds is 6. The van der Waals surface area contributed by atoms with Crippen molar-refractivity contribution in [2.24, 2.45) is 0 Å². The summed E-state index contributed by atoms with van der Waals surface area (Å²) >= 11 is 0. The number of hydrogen-bond acceptors (Lipinski definition) is 6. The summed E-state index contributed by atoms with van der Waals surface area (Å²) in [6.45, 7) is 6.01. The van der Waals surface area contributed by atoms with Crippen LogP contribution in [-0.2, 0) is 4.74 Å². The maximum absolute atomic E-state index is 10.1. The van der Waals surface area contributed by atoms with E-state index in [2.05, 4.69) is 16.8 Å². The van der Waals surface area contributed by atoms with Crippen LogP contribution >= 0.6 is 0 Å². The fourth-order valence-corrected chi connectivity index (χ4v) is 2.86. The molecule has 3 rings (SSSR count). The van der Waals surface area contributed by atoms with E-state index in [1.165, 1.54) is 0 Å². The van der Waals surface area contributed by atoms with Crippen molar-refractivity contribution in [2.45, 2.75) is 12.2 Å². The van der Waals surface area contributed by atoms with Crippen molar-refractivity contribution in [3.05, 3.63) is 24.3 Å². The first-order valence-electron chi connectivity index (χ1n) is 8.26. The highest BCUT2D eigenvalue weighted by atomic mass is 16.6. The number of piperazine rings is 1. The van der Waals surface area contributed by atoms with Crippen molar-refractivity contribution < 1.29 is 19.3 Å². The van der Waals surface area contributed by atoms with Crippen LogP contribution in [0.25, 0.3) is 0 Å². The van der Waals surface area contributed by atoms with Crippen LogP contribution in [0.4, 0.5) is 0 Å². The van der Waals surface area contributed by atoms with Crippen molar-refractivity contribution in [1.29, 1.82) is 0 Å². The Morgan fingerprint density at radius 3 is 2.74 bits per heavy atom. The Morgan fingerprint density at radius 1 is 1.22 bits per heavy atom. The van der Waals surface area contributed by atoms with Gasteiger partial charge in [-0.15, -0.1) is 0 Å². The lowest BCUT2D eigenvalue weighted by atomic mass is 10.2. The van der Waals surface area contributed by atoms with Gasteiger partial charge in [0.05, 0.1) is 19.3 Å². The second-order valence-electron chi connectivity index (χ2n) is 6.29. The number of ether oxygens (including phenoxy) is 3. The fraction of sp³-hybridized carbons (Fsp3) is 0.647. The van der Waals surface area contributed by atoms with E-state index in [1.54, 1.807) is 0 Å². The topological polar surface area (TPSA) is 54.4 Å². The number of hydrogen-bond donors (Lipinski definition) is 1. The van der Waals surface area contributed by atoms with Gasteiger partial charge < -0.3 is 24.2 Å². The molecular formula is C17H26N2O4. The average Bonchev–Trinajstić information content (AvgIpc) is 2.57. The molecule has 0 unspecified atom stereocenters. The molecule has 1 fully saturated rings. The lowest BCUT2D eigenvalue weighted by Crippen LogP contribution is -2.47. The van der Waals surface area contributed by atoms with E-state index in [4.69, 9.17) is 14.2 Å². The normalized spacial score (nSPS) is 23.7. The molecule has 1 saturated heterocycles. The van der Waals surface area contributed by atoms with Crippen molar-refractivity contribution in [3.63, 3.8) is 0 Å². The summed E-state index contributed by atoms with van der Waals surface area (Å²) in [7, 11) is 2.13. The summed E-state index contributed by atoms with van der Waals surface area (Å²) in [5, 5.41) is 10.1. The van der Waals surface area contributed by atoms with E-state index in [0.717, 1.165) is 37.7 Å². The Kier molecular flexibility index (Phi) is 5.72. The minimum atomic E-state index is -0.463. The van der Waals surface area contributed by atoms with Crippen LogP contribution < -0.4 is 9.47 Å². The minimum absolute atomic E-state index is 0.124. The first kappa shape index (κ1) is 16.5. The van der Waals surface area contributed by atoms with Crippen LogP contribution in [0, 0.1) is 0 Å². The summed E-state index contributed by atoms with van der Waals surface area (Å²) in [6, 6.07) is 7.63. The summed E-state index contributed by atoms with van der Waals surface area (Å²) in [4.78, 5) is 4.59. The van der Waals surface area contributed by atoms with Crippen molar-refractivity contribution in [3.8, 4) is 11.5 Å². The number of likely N-dealkylation sites (N-methyl/N-ethyl adjacent to an activating group) is 1. The number of aliphatic hydroxyl groups is 1. The van der Waals surface area contributed by atoms with E-state index in [0.29, 0.717) is 26.4 Å². The number of benzene rings is 1. The molecule has 2 aliphatic rings. The third kappa shape index (κ3) is 4.81. The molecule has 0 radical (unpaired) electrons. The second kappa shape index (κ2) is 7.97. The average molecular weight is 322 g/mol. The smallest absolute Gasteiger partial charge is 0.161 e. The Hall–Kier alpha value is -1.34. The first-order valence-corrected chi connectivity index (χ1v) is 8.26. The monoisotopic (exact) mass is 322 g/mol. The van der Waals surface area contributed by atoms with Gasteiger partial charge in [0.2, 0.25) is 0 Å². The van der Waals surface area contributed by atoms with Gasteiger partial charge in [-0.1, -0.05) is 12.1 Å². The largest absolute Gasteiger partial charge is 0.486 e. The zero-order valence-electron chi connectivity index (χ0n) is 13.7. The number of para-hydroxylation sites is 2. The molecule has 23 heavy (non-hydrogen) atoms. The molecule has 1 N–H and O–H groups in total. The van der Waals surface area contributed by atoms with Crippen molar-refractivity contribution >= 4 is 0 Å². The third-order valence-corrected chi connectivity index (χ3v) is 4.25. The lowest BCUT2D eigenvalue weighted by Gasteiger charge is -2.33. The summed E-state index contributed by atoms with van der Waals surface area (Å²) in [6.07, 6.45) is -0.587. The van der Waals surface area contributed by atoms with Gasteiger partial charge in [0.1, 0.15) is 6.61 Å². The maximum atomic E-state index is 10.1. The van der Waals surface area contributed by atoms with Gasteiger partial charge in [-0.2, -0.15) is 0 Å². The molecule has 0 spiro atoms. The van der Waals surface area contributed by atoms with Crippen molar-refractivity contribution in [1.82, 2.24) is 9.80 Å². The van der Waals surface area contributed by atoms with Crippen LogP contribution in [0.15, 0.2) is 24.3 Å². The molecule has 0 amide bonds. The molecule has 1 aromatic rings. The quantitative estimate of drug-likeness (QED) is 0.821. The lowest BCUT2D eigenvalue weighted by molar-refractivity contribution is -0.0315. The molecule has 6 heteroatoms. The molecule has 6 nitrogen and oxygen atoms in total. The number of aliphatic hydroxyl groups excluding tert-OH is 1. The van der Waals surface area contributed by atoms with E-state index in [1.807, 2.05) is 24.3 Å². The highest BCUT2D eigenvalue weighted by Crippen LogP contribution is 2.30. The molecule has 2 heterocycles. The van der Waals surface area contributed by atoms with Gasteiger partial charge in [-0.05, 0) is 19.2 Å². The molecule has 0 saturated carbocycles. The Morgan fingerprint density at radius 2 is 1.96 bits per heavy atom. The molecule has 2 aliphatic heterocycles. The molecule has 0 aromatic heterocycles. The standard InChI is InChI=1S/C17H26N2O4/c1-18-6-8-19(9-7-18)10-14(20)11-21-12-15-13-22-16-4-2-3-5-17(16)23-15/h2-5,14-15,20H,6-13H2,1H3/t14-,15+/m1/s1. The Labute approximate surface area is 137 Å². The highest BCUT2D eigenvalue weighted by Gasteiger charge is 2.22. The van der Waals surface area contributed by atoms with Gasteiger partial charge in [-0.25, -0.2) is 0 Å². The van der Waals surface area contributed by atoms with Crippen LogP contribution in [0.3, 0.4) is 0 Å². The number of nitrogens with zero attached hydrogens (tertiary/aromatic N) is 2. The van der Waals surface area contributed by atoms with Gasteiger partial charge in [0.25, 0.3) is 0 Å². The third-order valence-electron chi connectivity index (χ3n) is 4.25. The van der Waals surface area contributed by atoms with Gasteiger partial charge in [0, 0.05) is 32.7 Å². The Bertz CT molecular complexity index is 491. The molecular weight excluding hydrogens is 296 g/mol. The first-order chi connectivity index (χ1) is 11.2. The number of β-amino-alcohol motifs (C(OH)–C–C–N with tert-alkyl or cyclic N) is 1. The minimum Gasteiger partial charge on any atom is -0.486 e. The van der Waals surface area contributed by atoms with E-state index >= 15 is 0 Å². The Balaban J connectivity index is 1.34. The van der Waals surface area contributed by atoms with Gasteiger partial charge >= 0.3 is 0 Å². The number of fused-ring (bicyclic) bond motifs is 1. The maximum Gasteiger partial charge on any atom is 0.161 e. The predicted molar refractivity (Wildman–Crippen MR) is 87.1 cm³/mol. The van der Waals surface area contributed by atoms with Gasteiger partial charge in [-0.3, -0.25) is 4.90 Å². The molecule has 128 valence electrons. The zero-order chi connectivity index (χ0) is 16.1. The van der Waals surface area contributed by atoms with Gasteiger partial charge in [0.15, 0.2) is 17.6 Å².